The van der Waals surface area contributed by atoms with E-state index < -0.39 is 0 Å². The zero-order valence-corrected chi connectivity index (χ0v) is 11.0. The first kappa shape index (κ1) is 13.5. The van der Waals surface area contributed by atoms with Gasteiger partial charge in [0.2, 0.25) is 0 Å². The molecule has 3 N–H and O–H groups in total. The Hall–Kier alpha value is -2.93. The average molecular weight is 266 g/mol. The van der Waals surface area contributed by atoms with Gasteiger partial charge in [0.25, 0.3) is 5.91 Å². The highest BCUT2D eigenvalue weighted by molar-refractivity contribution is 6.06. The molecular formula is C16H14N2O2. The van der Waals surface area contributed by atoms with Crippen molar-refractivity contribution in [2.75, 3.05) is 18.2 Å². The first-order valence-electron chi connectivity index (χ1n) is 5.95. The van der Waals surface area contributed by atoms with Gasteiger partial charge in [-0.15, -0.1) is 6.42 Å². The number of hydrogen-bond donors (Lipinski definition) is 2. The number of terminal acetylenes is 1. The fraction of sp³-hybridized carbons (Fsp3) is 0.0625. The van der Waals surface area contributed by atoms with Crippen molar-refractivity contribution >= 4 is 17.3 Å². The number of rotatable bonds is 3. The summed E-state index contributed by atoms with van der Waals surface area (Å²) in [4.78, 5) is 12.2. The van der Waals surface area contributed by atoms with E-state index in [1.807, 2.05) is 0 Å². The molecule has 2 aromatic rings. The van der Waals surface area contributed by atoms with E-state index in [2.05, 4.69) is 11.2 Å². The van der Waals surface area contributed by atoms with Crippen molar-refractivity contribution in [1.82, 2.24) is 0 Å². The Morgan fingerprint density at radius 1 is 1.30 bits per heavy atom. The van der Waals surface area contributed by atoms with E-state index in [1.54, 1.807) is 42.5 Å². The zero-order valence-electron chi connectivity index (χ0n) is 11.0. The van der Waals surface area contributed by atoms with Gasteiger partial charge in [0.15, 0.2) is 0 Å². The normalized spacial score (nSPS) is 9.60. The number of nitrogens with two attached hydrogens (primary N) is 1. The fourth-order valence-corrected chi connectivity index (χ4v) is 1.78. The highest BCUT2D eigenvalue weighted by Crippen LogP contribution is 2.22. The highest BCUT2D eigenvalue weighted by atomic mass is 16.5. The lowest BCUT2D eigenvalue weighted by Gasteiger charge is -2.10. The molecule has 0 radical (unpaired) electrons. The Morgan fingerprint density at radius 3 is 2.80 bits per heavy atom. The number of benzene rings is 2. The van der Waals surface area contributed by atoms with Crippen LogP contribution in [0, 0.1) is 12.3 Å². The molecule has 0 fully saturated rings. The Labute approximate surface area is 117 Å². The molecule has 4 nitrogen and oxygen atoms in total. The Bertz CT molecular complexity index is 687. The van der Waals surface area contributed by atoms with E-state index in [0.717, 1.165) is 0 Å². The van der Waals surface area contributed by atoms with Gasteiger partial charge in [0, 0.05) is 23.0 Å². The van der Waals surface area contributed by atoms with Crippen LogP contribution in [-0.2, 0) is 0 Å². The van der Waals surface area contributed by atoms with E-state index in [1.165, 1.54) is 7.11 Å². The maximum absolute atomic E-state index is 12.2. The van der Waals surface area contributed by atoms with Crippen LogP contribution < -0.4 is 15.8 Å². The van der Waals surface area contributed by atoms with Crippen LogP contribution in [0.4, 0.5) is 11.4 Å². The van der Waals surface area contributed by atoms with Gasteiger partial charge in [-0.05, 0) is 30.3 Å². The molecule has 20 heavy (non-hydrogen) atoms. The molecule has 0 aliphatic rings. The molecule has 0 saturated carbocycles. The summed E-state index contributed by atoms with van der Waals surface area (Å²) in [7, 11) is 1.49. The lowest BCUT2D eigenvalue weighted by atomic mass is 10.1. The topological polar surface area (TPSA) is 64.4 Å². The molecule has 0 bridgehead atoms. The number of carbonyl (C=O) groups is 1. The monoisotopic (exact) mass is 266 g/mol. The van der Waals surface area contributed by atoms with Crippen LogP contribution in [0.25, 0.3) is 0 Å². The number of anilines is 2. The lowest BCUT2D eigenvalue weighted by molar-refractivity contribution is 0.102. The minimum absolute atomic E-state index is 0.281. The molecule has 0 aliphatic carbocycles. The summed E-state index contributed by atoms with van der Waals surface area (Å²) in [5.41, 5.74) is 7.93. The molecule has 1 amide bonds. The summed E-state index contributed by atoms with van der Waals surface area (Å²) in [5, 5.41) is 2.77. The Morgan fingerprint density at radius 2 is 2.10 bits per heavy atom. The molecule has 0 spiro atoms. The molecule has 0 saturated heterocycles. The number of carbonyl (C=O) groups excluding carboxylic acids is 1. The van der Waals surface area contributed by atoms with Crippen LogP contribution in [0.1, 0.15) is 15.9 Å². The number of hydrogen-bond acceptors (Lipinski definition) is 3. The van der Waals surface area contributed by atoms with Gasteiger partial charge in [-0.25, -0.2) is 0 Å². The predicted molar refractivity (Wildman–Crippen MR) is 79.7 cm³/mol. The fourth-order valence-electron chi connectivity index (χ4n) is 1.78. The minimum atomic E-state index is -0.281. The van der Waals surface area contributed by atoms with Crippen LogP contribution >= 0.6 is 0 Å². The van der Waals surface area contributed by atoms with E-state index in [0.29, 0.717) is 28.3 Å². The van der Waals surface area contributed by atoms with E-state index in [-0.39, 0.29) is 5.91 Å². The van der Waals surface area contributed by atoms with Crippen LogP contribution in [0.15, 0.2) is 42.5 Å². The Kier molecular flexibility index (Phi) is 3.92. The van der Waals surface area contributed by atoms with E-state index in [4.69, 9.17) is 16.9 Å². The number of ether oxygens (including phenoxy) is 1. The van der Waals surface area contributed by atoms with Gasteiger partial charge < -0.3 is 15.8 Å². The van der Waals surface area contributed by atoms with Crippen LogP contribution in [0.3, 0.4) is 0 Å². The molecule has 0 aliphatic heterocycles. The minimum Gasteiger partial charge on any atom is -0.496 e. The average Bonchev–Trinajstić information content (AvgIpc) is 2.47. The van der Waals surface area contributed by atoms with Gasteiger partial charge >= 0.3 is 0 Å². The third-order valence-corrected chi connectivity index (χ3v) is 2.76. The Balaban J connectivity index is 2.26. The molecule has 2 aromatic carbocycles. The largest absolute Gasteiger partial charge is 0.496 e. The van der Waals surface area contributed by atoms with Gasteiger partial charge in [0.05, 0.1) is 12.7 Å². The second-order valence-electron chi connectivity index (χ2n) is 4.14. The van der Waals surface area contributed by atoms with Gasteiger partial charge in [-0.1, -0.05) is 12.0 Å². The van der Waals surface area contributed by atoms with Crippen molar-refractivity contribution in [3.05, 3.63) is 53.6 Å². The molecule has 0 heterocycles. The van der Waals surface area contributed by atoms with Crippen molar-refractivity contribution in [3.8, 4) is 18.1 Å². The molecule has 0 atom stereocenters. The zero-order chi connectivity index (χ0) is 14.5. The van der Waals surface area contributed by atoms with Gasteiger partial charge in [-0.3, -0.25) is 4.79 Å². The van der Waals surface area contributed by atoms with E-state index >= 15 is 0 Å². The van der Waals surface area contributed by atoms with Gasteiger partial charge in [0.1, 0.15) is 5.75 Å². The molecule has 4 heteroatoms. The van der Waals surface area contributed by atoms with E-state index in [9.17, 15) is 4.79 Å². The number of nitrogen functional groups attached to an aromatic ring is 1. The summed E-state index contributed by atoms with van der Waals surface area (Å²) in [6.45, 7) is 0. The third-order valence-electron chi connectivity index (χ3n) is 2.76. The molecule has 0 aromatic heterocycles. The molecule has 2 rings (SSSR count). The third kappa shape index (κ3) is 2.90. The van der Waals surface area contributed by atoms with Crippen LogP contribution in [0.5, 0.6) is 5.75 Å². The summed E-state index contributed by atoms with van der Waals surface area (Å²) in [6.07, 6.45) is 5.33. The summed E-state index contributed by atoms with van der Waals surface area (Å²) in [6, 6.07) is 11.9. The summed E-state index contributed by atoms with van der Waals surface area (Å²) < 4.78 is 5.16. The maximum Gasteiger partial charge on any atom is 0.259 e. The second kappa shape index (κ2) is 5.81. The second-order valence-corrected chi connectivity index (χ2v) is 4.14. The first-order chi connectivity index (χ1) is 9.63. The first-order valence-corrected chi connectivity index (χ1v) is 5.95. The van der Waals surface area contributed by atoms with Crippen molar-refractivity contribution < 1.29 is 9.53 Å². The molecule has 100 valence electrons. The quantitative estimate of drug-likeness (QED) is 0.662. The van der Waals surface area contributed by atoms with Gasteiger partial charge in [-0.2, -0.15) is 0 Å². The van der Waals surface area contributed by atoms with Crippen molar-refractivity contribution in [2.45, 2.75) is 0 Å². The highest BCUT2D eigenvalue weighted by Gasteiger charge is 2.12. The molecular weight excluding hydrogens is 252 g/mol. The smallest absolute Gasteiger partial charge is 0.259 e. The van der Waals surface area contributed by atoms with Crippen molar-refractivity contribution in [1.29, 1.82) is 0 Å². The van der Waals surface area contributed by atoms with Crippen molar-refractivity contribution in [3.63, 3.8) is 0 Å². The SMILES string of the molecule is C#Cc1cccc(NC(=O)c2ccc(N)cc2OC)c1. The lowest BCUT2D eigenvalue weighted by Crippen LogP contribution is -2.13. The molecule has 0 unspecified atom stereocenters. The summed E-state index contributed by atoms with van der Waals surface area (Å²) in [5.74, 6) is 2.66. The number of methoxy groups -OCH3 is 1. The van der Waals surface area contributed by atoms with Crippen LogP contribution in [-0.4, -0.2) is 13.0 Å². The van der Waals surface area contributed by atoms with Crippen LogP contribution in [0.2, 0.25) is 0 Å². The number of nitrogens with one attached hydrogen (secondary N) is 1. The standard InChI is InChI=1S/C16H14N2O2/c1-3-11-5-4-6-13(9-11)18-16(19)14-8-7-12(17)10-15(14)20-2/h1,4-10H,17H2,2H3,(H,18,19). The van der Waals surface area contributed by atoms with Crippen molar-refractivity contribution in [2.24, 2.45) is 0 Å². The predicted octanol–water partition coefficient (Wildman–Crippen LogP) is 2.51. The maximum atomic E-state index is 12.2. The summed E-state index contributed by atoms with van der Waals surface area (Å²) >= 11 is 0. The number of amides is 1.